The topological polar surface area (TPSA) is 106 Å². The second-order valence-corrected chi connectivity index (χ2v) is 9.15. The number of nitrogens with zero attached hydrogens (tertiary/aromatic N) is 2. The molecule has 0 radical (unpaired) electrons. The number of benzene rings is 1. The Balaban J connectivity index is 1.72. The minimum Gasteiger partial charge on any atom is -0.441 e. The van der Waals surface area contributed by atoms with E-state index in [2.05, 4.69) is 4.18 Å². The summed E-state index contributed by atoms with van der Waals surface area (Å²) in [5.41, 5.74) is -1.31. The van der Waals surface area contributed by atoms with Crippen LogP contribution in [0.3, 0.4) is 0 Å². The van der Waals surface area contributed by atoms with E-state index in [0.29, 0.717) is 12.8 Å². The van der Waals surface area contributed by atoms with E-state index in [1.165, 1.54) is 12.0 Å². The lowest BCUT2D eigenvalue weighted by atomic mass is 9.92. The zero-order valence-electron chi connectivity index (χ0n) is 16.6. The first kappa shape index (κ1) is 22.7. The highest BCUT2D eigenvalue weighted by Gasteiger charge is 2.36. The molecular weight excluding hydrogens is 426 g/mol. The maximum atomic E-state index is 14.8. The van der Waals surface area contributed by atoms with Crippen LogP contribution in [0, 0.1) is 11.6 Å². The molecule has 0 spiro atoms. The molecule has 0 saturated carbocycles. The van der Waals surface area contributed by atoms with Crippen LogP contribution in [-0.4, -0.2) is 77.5 Å². The van der Waals surface area contributed by atoms with Crippen molar-refractivity contribution < 1.29 is 40.8 Å². The van der Waals surface area contributed by atoms with Crippen molar-refractivity contribution in [3.63, 3.8) is 0 Å². The SMILES string of the molecule is COCC1(O)CCN(c2c(F)cc(N3C[C@H](COS(C)(=O)=O)OC3=O)cc2F)CC1. The summed E-state index contributed by atoms with van der Waals surface area (Å²) >= 11 is 0. The van der Waals surface area contributed by atoms with Crippen molar-refractivity contribution in [3.8, 4) is 0 Å². The molecule has 1 aromatic carbocycles. The zero-order valence-corrected chi connectivity index (χ0v) is 17.5. The Labute approximate surface area is 173 Å². The Hall–Kier alpha value is -2.02. The number of cyclic esters (lactones) is 1. The van der Waals surface area contributed by atoms with Gasteiger partial charge in [-0.25, -0.2) is 13.6 Å². The van der Waals surface area contributed by atoms with Crippen LogP contribution in [0.1, 0.15) is 12.8 Å². The maximum absolute atomic E-state index is 14.8. The number of carbonyl (C=O) groups is 1. The summed E-state index contributed by atoms with van der Waals surface area (Å²) in [6.07, 6.45) is -0.296. The van der Waals surface area contributed by atoms with Gasteiger partial charge >= 0.3 is 6.09 Å². The maximum Gasteiger partial charge on any atom is 0.414 e. The van der Waals surface area contributed by atoms with Gasteiger partial charge in [-0.05, 0) is 12.8 Å². The van der Waals surface area contributed by atoms with E-state index in [4.69, 9.17) is 9.47 Å². The average Bonchev–Trinajstić information content (AvgIpc) is 3.01. The molecule has 0 bridgehead atoms. The minimum absolute atomic E-state index is 0.0477. The molecule has 2 aliphatic rings. The molecule has 0 aliphatic carbocycles. The van der Waals surface area contributed by atoms with E-state index in [9.17, 15) is 27.1 Å². The van der Waals surface area contributed by atoms with Crippen LogP contribution in [0.25, 0.3) is 0 Å². The number of hydrogen-bond acceptors (Lipinski definition) is 8. The van der Waals surface area contributed by atoms with E-state index in [0.717, 1.165) is 23.3 Å². The molecule has 168 valence electrons. The van der Waals surface area contributed by atoms with Gasteiger partial charge in [-0.15, -0.1) is 0 Å². The Morgan fingerprint density at radius 1 is 1.27 bits per heavy atom. The van der Waals surface area contributed by atoms with Crippen LogP contribution in [0.15, 0.2) is 12.1 Å². The van der Waals surface area contributed by atoms with Crippen LogP contribution < -0.4 is 9.80 Å². The monoisotopic (exact) mass is 450 g/mol. The fourth-order valence-corrected chi connectivity index (χ4v) is 3.99. The van der Waals surface area contributed by atoms with Crippen molar-refractivity contribution in [3.05, 3.63) is 23.8 Å². The molecule has 12 heteroatoms. The van der Waals surface area contributed by atoms with Crippen LogP contribution in [0.4, 0.5) is 25.0 Å². The van der Waals surface area contributed by atoms with Crippen molar-refractivity contribution in [2.45, 2.75) is 24.5 Å². The Kier molecular flexibility index (Phi) is 6.51. The van der Waals surface area contributed by atoms with Crippen molar-refractivity contribution in [2.24, 2.45) is 0 Å². The lowest BCUT2D eigenvalue weighted by Gasteiger charge is -2.39. The van der Waals surface area contributed by atoms with Crippen molar-refractivity contribution in [2.75, 3.05) is 56.0 Å². The first-order valence-electron chi connectivity index (χ1n) is 9.29. The summed E-state index contributed by atoms with van der Waals surface area (Å²) in [6.45, 7) is 0.127. The number of piperidine rings is 1. The van der Waals surface area contributed by atoms with E-state index in [1.807, 2.05) is 0 Å². The van der Waals surface area contributed by atoms with Gasteiger partial charge in [-0.2, -0.15) is 8.42 Å². The van der Waals surface area contributed by atoms with Gasteiger partial charge in [0.05, 0.1) is 30.7 Å². The Morgan fingerprint density at radius 2 is 1.87 bits per heavy atom. The highest BCUT2D eigenvalue weighted by Crippen LogP contribution is 2.34. The molecule has 2 saturated heterocycles. The van der Waals surface area contributed by atoms with E-state index >= 15 is 0 Å². The quantitative estimate of drug-likeness (QED) is 0.619. The number of carbonyl (C=O) groups excluding carboxylic acids is 1. The number of ether oxygens (including phenoxy) is 2. The second-order valence-electron chi connectivity index (χ2n) is 7.51. The van der Waals surface area contributed by atoms with Gasteiger partial charge in [0.15, 0.2) is 11.6 Å². The number of rotatable bonds is 7. The lowest BCUT2D eigenvalue weighted by molar-refractivity contribution is -0.0473. The molecule has 0 unspecified atom stereocenters. The lowest BCUT2D eigenvalue weighted by Crippen LogP contribution is -2.47. The molecule has 1 N–H and O–H groups in total. The first-order chi connectivity index (χ1) is 14.0. The molecule has 1 atom stereocenters. The Morgan fingerprint density at radius 3 is 2.40 bits per heavy atom. The highest BCUT2D eigenvalue weighted by atomic mass is 32.2. The average molecular weight is 450 g/mol. The normalized spacial score (nSPS) is 21.8. The van der Waals surface area contributed by atoms with Gasteiger partial charge in [0, 0.05) is 32.3 Å². The van der Waals surface area contributed by atoms with Gasteiger partial charge in [0.2, 0.25) is 0 Å². The third-order valence-corrected chi connectivity index (χ3v) is 5.64. The second kappa shape index (κ2) is 8.61. The molecule has 1 amide bonds. The number of anilines is 2. The van der Waals surface area contributed by atoms with Gasteiger partial charge in [-0.3, -0.25) is 9.08 Å². The molecule has 2 aliphatic heterocycles. The van der Waals surface area contributed by atoms with Crippen LogP contribution >= 0.6 is 0 Å². The number of hydrogen-bond donors (Lipinski definition) is 1. The first-order valence-corrected chi connectivity index (χ1v) is 11.1. The molecule has 2 heterocycles. The van der Waals surface area contributed by atoms with Crippen molar-refractivity contribution in [1.82, 2.24) is 0 Å². The standard InChI is InChI=1S/C18H24F2N2O7S/c1-27-11-18(24)3-5-21(6-4-18)16-14(19)7-12(8-15(16)20)22-9-13(29-17(22)23)10-28-30(2,25)26/h7-8,13,24H,3-6,9-11H2,1-2H3/t13-/m1/s1. The summed E-state index contributed by atoms with van der Waals surface area (Å²) in [7, 11) is -2.24. The molecule has 9 nitrogen and oxygen atoms in total. The number of amides is 1. The van der Waals surface area contributed by atoms with Gasteiger partial charge < -0.3 is 19.5 Å². The third-order valence-electron chi connectivity index (χ3n) is 5.08. The summed E-state index contributed by atoms with van der Waals surface area (Å²) < 4.78 is 66.3. The summed E-state index contributed by atoms with van der Waals surface area (Å²) in [5, 5.41) is 10.4. The smallest absolute Gasteiger partial charge is 0.414 e. The molecule has 1 aromatic rings. The molecular formula is C18H24F2N2O7S. The molecule has 3 rings (SSSR count). The third kappa shape index (κ3) is 5.17. The van der Waals surface area contributed by atoms with E-state index in [-0.39, 0.29) is 44.2 Å². The van der Waals surface area contributed by atoms with Crippen molar-refractivity contribution >= 4 is 27.6 Å². The van der Waals surface area contributed by atoms with Crippen LogP contribution in [0.5, 0.6) is 0 Å². The summed E-state index contributed by atoms with van der Waals surface area (Å²) in [5.74, 6) is -1.71. The minimum atomic E-state index is -3.72. The summed E-state index contributed by atoms with van der Waals surface area (Å²) in [4.78, 5) is 14.6. The number of methoxy groups -OCH3 is 1. The fraction of sp³-hybridized carbons (Fsp3) is 0.611. The van der Waals surface area contributed by atoms with Crippen LogP contribution in [0.2, 0.25) is 0 Å². The molecule has 30 heavy (non-hydrogen) atoms. The van der Waals surface area contributed by atoms with Crippen LogP contribution in [-0.2, 0) is 23.8 Å². The fourth-order valence-electron chi connectivity index (χ4n) is 3.59. The van der Waals surface area contributed by atoms with Crippen molar-refractivity contribution in [1.29, 1.82) is 0 Å². The number of aliphatic hydroxyl groups is 1. The number of halogens is 2. The van der Waals surface area contributed by atoms with Gasteiger partial charge in [0.25, 0.3) is 10.1 Å². The summed E-state index contributed by atoms with van der Waals surface area (Å²) in [6, 6.07) is 2.05. The zero-order chi connectivity index (χ0) is 22.1. The van der Waals surface area contributed by atoms with Gasteiger partial charge in [-0.1, -0.05) is 0 Å². The predicted octanol–water partition coefficient (Wildman–Crippen LogP) is 1.24. The van der Waals surface area contributed by atoms with E-state index in [1.54, 1.807) is 0 Å². The highest BCUT2D eigenvalue weighted by molar-refractivity contribution is 7.85. The van der Waals surface area contributed by atoms with E-state index < -0.39 is 39.6 Å². The molecule has 2 fully saturated rings. The largest absolute Gasteiger partial charge is 0.441 e. The Bertz CT molecular complexity index is 881. The molecule has 0 aromatic heterocycles. The predicted molar refractivity (Wildman–Crippen MR) is 103 cm³/mol. The van der Waals surface area contributed by atoms with Gasteiger partial charge in [0.1, 0.15) is 18.4 Å².